The van der Waals surface area contributed by atoms with Crippen LogP contribution in [0.2, 0.25) is 0 Å². The topological polar surface area (TPSA) is 44.5 Å². The predicted octanol–water partition coefficient (Wildman–Crippen LogP) is 2.36. The third kappa shape index (κ3) is 3.11. The van der Waals surface area contributed by atoms with Gasteiger partial charge in [-0.1, -0.05) is 0 Å². The van der Waals surface area contributed by atoms with Gasteiger partial charge in [-0.05, 0) is 47.0 Å². The average Bonchev–Trinajstić information content (AvgIpc) is 2.15. The molecule has 0 aliphatic heterocycles. The van der Waals surface area contributed by atoms with Gasteiger partial charge in [0.05, 0.1) is 18.7 Å². The van der Waals surface area contributed by atoms with Gasteiger partial charge in [0, 0.05) is 6.04 Å². The number of rotatable bonds is 4. The van der Waals surface area contributed by atoms with E-state index in [2.05, 4.69) is 15.9 Å². The Bertz CT molecular complexity index is 340. The number of halogens is 1. The van der Waals surface area contributed by atoms with Crippen molar-refractivity contribution in [2.45, 2.75) is 19.4 Å². The first-order valence-electron chi connectivity index (χ1n) is 4.74. The fraction of sp³-hybridized carbons (Fsp3) is 0.455. The molecule has 0 aliphatic rings. The molecule has 0 bridgehead atoms. The second-order valence-electron chi connectivity index (χ2n) is 3.49. The highest BCUT2D eigenvalue weighted by atomic mass is 79.9. The van der Waals surface area contributed by atoms with E-state index >= 15 is 0 Å². The van der Waals surface area contributed by atoms with Crippen LogP contribution in [0.5, 0.6) is 11.5 Å². The maximum Gasteiger partial charge on any atom is 0.174 e. The molecule has 3 nitrogen and oxygen atoms in total. The molecule has 2 N–H and O–H groups in total. The van der Waals surface area contributed by atoms with Gasteiger partial charge < -0.3 is 15.2 Å². The predicted molar refractivity (Wildman–Crippen MR) is 64.6 cm³/mol. The van der Waals surface area contributed by atoms with Crippen molar-refractivity contribution in [3.8, 4) is 11.5 Å². The van der Waals surface area contributed by atoms with Gasteiger partial charge in [0.25, 0.3) is 0 Å². The Labute approximate surface area is 98.7 Å². The van der Waals surface area contributed by atoms with Gasteiger partial charge in [-0.2, -0.15) is 0 Å². The summed E-state index contributed by atoms with van der Waals surface area (Å²) in [6.45, 7) is 1.98. The Balaban J connectivity index is 3.08. The van der Waals surface area contributed by atoms with Crippen molar-refractivity contribution in [2.24, 2.45) is 5.73 Å². The molecule has 0 fully saturated rings. The van der Waals surface area contributed by atoms with Gasteiger partial charge in [0.1, 0.15) is 0 Å². The van der Waals surface area contributed by atoms with Crippen LogP contribution >= 0.6 is 15.9 Å². The van der Waals surface area contributed by atoms with Gasteiger partial charge >= 0.3 is 0 Å². The Hall–Kier alpha value is -0.740. The van der Waals surface area contributed by atoms with Crippen molar-refractivity contribution < 1.29 is 9.47 Å². The maximum atomic E-state index is 5.75. The average molecular weight is 274 g/mol. The lowest BCUT2D eigenvalue weighted by Gasteiger charge is -2.13. The fourth-order valence-corrected chi connectivity index (χ4v) is 2.11. The van der Waals surface area contributed by atoms with Crippen LogP contribution in [0.15, 0.2) is 16.6 Å². The molecule has 4 heteroatoms. The number of hydrogen-bond donors (Lipinski definition) is 1. The van der Waals surface area contributed by atoms with Crippen LogP contribution in [0.1, 0.15) is 12.5 Å². The van der Waals surface area contributed by atoms with Crippen molar-refractivity contribution in [1.29, 1.82) is 0 Å². The first-order chi connectivity index (χ1) is 7.08. The maximum absolute atomic E-state index is 5.75. The summed E-state index contributed by atoms with van der Waals surface area (Å²) in [4.78, 5) is 0. The molecular weight excluding hydrogens is 258 g/mol. The highest BCUT2D eigenvalue weighted by Gasteiger charge is 2.10. The Morgan fingerprint density at radius 1 is 1.33 bits per heavy atom. The molecule has 15 heavy (non-hydrogen) atoms. The fourth-order valence-electron chi connectivity index (χ4n) is 1.46. The van der Waals surface area contributed by atoms with E-state index in [0.717, 1.165) is 22.2 Å². The first kappa shape index (κ1) is 12.3. The van der Waals surface area contributed by atoms with Crippen LogP contribution in [0, 0.1) is 0 Å². The molecule has 1 aromatic carbocycles. The van der Waals surface area contributed by atoms with Crippen molar-refractivity contribution in [2.75, 3.05) is 14.2 Å². The Morgan fingerprint density at radius 3 is 2.47 bits per heavy atom. The van der Waals surface area contributed by atoms with E-state index in [-0.39, 0.29) is 6.04 Å². The standard InChI is InChI=1S/C11H16BrNO2/c1-7(13)4-8-5-9(12)11(15-3)10(6-8)14-2/h5-7H,4,13H2,1-3H3/t7-/m0/s1. The van der Waals surface area contributed by atoms with Gasteiger partial charge in [-0.15, -0.1) is 0 Å². The molecule has 1 aromatic rings. The molecule has 0 spiro atoms. The van der Waals surface area contributed by atoms with Crippen LogP contribution in [0.25, 0.3) is 0 Å². The molecule has 0 aromatic heterocycles. The molecule has 0 saturated carbocycles. The summed E-state index contributed by atoms with van der Waals surface area (Å²) in [5.41, 5.74) is 6.88. The smallest absolute Gasteiger partial charge is 0.174 e. The van der Waals surface area contributed by atoms with Gasteiger partial charge in [0.2, 0.25) is 0 Å². The number of methoxy groups -OCH3 is 2. The summed E-state index contributed by atoms with van der Waals surface area (Å²) < 4.78 is 11.4. The van der Waals surface area contributed by atoms with Crippen LogP contribution < -0.4 is 15.2 Å². The molecule has 0 unspecified atom stereocenters. The van der Waals surface area contributed by atoms with E-state index in [4.69, 9.17) is 15.2 Å². The lowest BCUT2D eigenvalue weighted by Crippen LogP contribution is -2.17. The lowest BCUT2D eigenvalue weighted by atomic mass is 10.1. The molecule has 0 heterocycles. The van der Waals surface area contributed by atoms with Crippen LogP contribution in [-0.4, -0.2) is 20.3 Å². The highest BCUT2D eigenvalue weighted by Crippen LogP contribution is 2.36. The molecule has 0 amide bonds. The largest absolute Gasteiger partial charge is 0.493 e. The summed E-state index contributed by atoms with van der Waals surface area (Å²) in [6, 6.07) is 4.09. The summed E-state index contributed by atoms with van der Waals surface area (Å²) in [7, 11) is 3.24. The lowest BCUT2D eigenvalue weighted by molar-refractivity contribution is 0.352. The number of ether oxygens (including phenoxy) is 2. The summed E-state index contributed by atoms with van der Waals surface area (Å²) in [5.74, 6) is 1.44. The van der Waals surface area contributed by atoms with E-state index in [9.17, 15) is 0 Å². The van der Waals surface area contributed by atoms with Crippen LogP contribution in [0.4, 0.5) is 0 Å². The monoisotopic (exact) mass is 273 g/mol. The second kappa shape index (κ2) is 5.37. The Kier molecular flexibility index (Phi) is 4.42. The highest BCUT2D eigenvalue weighted by molar-refractivity contribution is 9.10. The van der Waals surface area contributed by atoms with Crippen molar-refractivity contribution in [3.63, 3.8) is 0 Å². The summed E-state index contributed by atoms with van der Waals surface area (Å²) in [6.07, 6.45) is 0.818. The van der Waals surface area contributed by atoms with Crippen molar-refractivity contribution in [3.05, 3.63) is 22.2 Å². The molecule has 0 radical (unpaired) electrons. The third-order valence-electron chi connectivity index (χ3n) is 2.05. The summed E-state index contributed by atoms with van der Waals surface area (Å²) in [5, 5.41) is 0. The quantitative estimate of drug-likeness (QED) is 0.916. The second-order valence-corrected chi connectivity index (χ2v) is 4.35. The van der Waals surface area contributed by atoms with E-state index in [1.807, 2.05) is 19.1 Å². The molecule has 0 aliphatic carbocycles. The zero-order valence-corrected chi connectivity index (χ0v) is 10.8. The number of benzene rings is 1. The molecule has 84 valence electrons. The van der Waals surface area contributed by atoms with Crippen molar-refractivity contribution >= 4 is 15.9 Å². The zero-order chi connectivity index (χ0) is 11.4. The van der Waals surface area contributed by atoms with Crippen LogP contribution in [-0.2, 0) is 6.42 Å². The van der Waals surface area contributed by atoms with Gasteiger partial charge in [-0.3, -0.25) is 0 Å². The van der Waals surface area contributed by atoms with Crippen molar-refractivity contribution in [1.82, 2.24) is 0 Å². The van der Waals surface area contributed by atoms with E-state index < -0.39 is 0 Å². The number of hydrogen-bond acceptors (Lipinski definition) is 3. The van der Waals surface area contributed by atoms with E-state index in [0.29, 0.717) is 5.75 Å². The van der Waals surface area contributed by atoms with E-state index in [1.54, 1.807) is 14.2 Å². The molecule has 1 atom stereocenters. The zero-order valence-electron chi connectivity index (χ0n) is 9.21. The molecular formula is C11H16BrNO2. The minimum absolute atomic E-state index is 0.134. The SMILES string of the molecule is COc1cc(C[C@H](C)N)cc(Br)c1OC. The summed E-state index contributed by atoms with van der Waals surface area (Å²) >= 11 is 3.44. The minimum Gasteiger partial charge on any atom is -0.493 e. The normalized spacial score (nSPS) is 12.3. The number of nitrogens with two attached hydrogens (primary N) is 1. The van der Waals surface area contributed by atoms with Gasteiger partial charge in [-0.25, -0.2) is 0 Å². The van der Waals surface area contributed by atoms with E-state index in [1.165, 1.54) is 0 Å². The third-order valence-corrected chi connectivity index (χ3v) is 2.64. The van der Waals surface area contributed by atoms with Crippen LogP contribution in [0.3, 0.4) is 0 Å². The molecule has 1 rings (SSSR count). The first-order valence-corrected chi connectivity index (χ1v) is 5.53. The minimum atomic E-state index is 0.134. The molecule has 0 saturated heterocycles. The van der Waals surface area contributed by atoms with Gasteiger partial charge in [0.15, 0.2) is 11.5 Å². The Morgan fingerprint density at radius 2 is 2.00 bits per heavy atom.